The predicted molar refractivity (Wildman–Crippen MR) is 65.1 cm³/mol. The topological polar surface area (TPSA) is 12.0 Å². The molecule has 0 saturated carbocycles. The van der Waals surface area contributed by atoms with Gasteiger partial charge in [0.1, 0.15) is 0 Å². The molecule has 0 bridgehead atoms. The lowest BCUT2D eigenvalue weighted by Crippen LogP contribution is -2.43. The number of rotatable bonds is 3. The van der Waals surface area contributed by atoms with Gasteiger partial charge < -0.3 is 5.32 Å². The Morgan fingerprint density at radius 1 is 1.21 bits per heavy atom. The van der Waals surface area contributed by atoms with E-state index in [2.05, 4.69) is 57.4 Å². The number of hydrogen-bond acceptors (Lipinski definition) is 2. The third-order valence-electron chi connectivity index (χ3n) is 2.25. The summed E-state index contributed by atoms with van der Waals surface area (Å²) < 4.78 is 0. The first-order valence-corrected chi connectivity index (χ1v) is 5.98. The largest absolute Gasteiger partial charge is 0.311 e. The molecule has 1 rings (SSSR count). The summed E-state index contributed by atoms with van der Waals surface area (Å²) in [5, 5.41) is 5.70. The van der Waals surface area contributed by atoms with Crippen LogP contribution in [-0.2, 0) is 5.41 Å². The zero-order valence-corrected chi connectivity index (χ0v) is 10.7. The summed E-state index contributed by atoms with van der Waals surface area (Å²) in [6.07, 6.45) is 0. The van der Waals surface area contributed by atoms with E-state index in [1.807, 2.05) is 11.3 Å². The molecule has 0 aliphatic rings. The van der Waals surface area contributed by atoms with Crippen molar-refractivity contribution in [1.29, 1.82) is 0 Å². The molecule has 1 aromatic rings. The first kappa shape index (κ1) is 11.7. The fourth-order valence-electron chi connectivity index (χ4n) is 1.24. The molecule has 0 atom stereocenters. The molecule has 80 valence electrons. The maximum absolute atomic E-state index is 3.56. The summed E-state index contributed by atoms with van der Waals surface area (Å²) in [4.78, 5) is 1.45. The standard InChI is InChI=1S/C12H21NS/c1-11(2,3)13-9-12(4,5)10-7-6-8-14-10/h6-8,13H,9H2,1-5H3. The van der Waals surface area contributed by atoms with Gasteiger partial charge in [-0.15, -0.1) is 11.3 Å². The van der Waals surface area contributed by atoms with Crippen LogP contribution in [0.1, 0.15) is 39.5 Å². The maximum atomic E-state index is 3.56. The molecule has 0 fully saturated rings. The van der Waals surface area contributed by atoms with E-state index in [4.69, 9.17) is 0 Å². The van der Waals surface area contributed by atoms with Crippen molar-refractivity contribution in [2.24, 2.45) is 0 Å². The summed E-state index contributed by atoms with van der Waals surface area (Å²) in [5.74, 6) is 0. The highest BCUT2D eigenvalue weighted by atomic mass is 32.1. The van der Waals surface area contributed by atoms with E-state index in [1.54, 1.807) is 0 Å². The monoisotopic (exact) mass is 211 g/mol. The molecule has 14 heavy (non-hydrogen) atoms. The second kappa shape index (κ2) is 4.03. The number of thiophene rings is 1. The van der Waals surface area contributed by atoms with Gasteiger partial charge in [-0.2, -0.15) is 0 Å². The van der Waals surface area contributed by atoms with Crippen LogP contribution in [0.25, 0.3) is 0 Å². The summed E-state index contributed by atoms with van der Waals surface area (Å²) in [6, 6.07) is 4.34. The molecule has 0 spiro atoms. The molecule has 1 aromatic heterocycles. The minimum atomic E-state index is 0.203. The van der Waals surface area contributed by atoms with Crippen LogP contribution in [0.15, 0.2) is 17.5 Å². The van der Waals surface area contributed by atoms with Crippen molar-refractivity contribution in [3.8, 4) is 0 Å². The fourth-order valence-corrected chi connectivity index (χ4v) is 2.09. The van der Waals surface area contributed by atoms with Crippen LogP contribution in [0, 0.1) is 0 Å². The van der Waals surface area contributed by atoms with Gasteiger partial charge in [-0.05, 0) is 32.2 Å². The Hall–Kier alpha value is -0.340. The van der Waals surface area contributed by atoms with Crippen molar-refractivity contribution in [1.82, 2.24) is 5.32 Å². The van der Waals surface area contributed by atoms with Crippen molar-refractivity contribution in [3.05, 3.63) is 22.4 Å². The molecular formula is C12H21NS. The maximum Gasteiger partial charge on any atom is 0.0115 e. The fraction of sp³-hybridized carbons (Fsp3) is 0.667. The molecule has 1 N–H and O–H groups in total. The van der Waals surface area contributed by atoms with Crippen LogP contribution in [0.3, 0.4) is 0 Å². The SMILES string of the molecule is CC(C)(C)NCC(C)(C)c1cccs1. The van der Waals surface area contributed by atoms with E-state index >= 15 is 0 Å². The first-order valence-electron chi connectivity index (χ1n) is 5.10. The normalized spacial score (nSPS) is 13.2. The predicted octanol–water partition coefficient (Wildman–Crippen LogP) is 3.41. The van der Waals surface area contributed by atoms with E-state index in [-0.39, 0.29) is 11.0 Å². The van der Waals surface area contributed by atoms with Crippen LogP contribution < -0.4 is 5.32 Å². The Labute approximate surface area is 91.5 Å². The van der Waals surface area contributed by atoms with Crippen LogP contribution >= 0.6 is 11.3 Å². The van der Waals surface area contributed by atoms with Gasteiger partial charge in [0.2, 0.25) is 0 Å². The van der Waals surface area contributed by atoms with Gasteiger partial charge in [-0.1, -0.05) is 19.9 Å². The van der Waals surface area contributed by atoms with Gasteiger partial charge in [0.15, 0.2) is 0 Å². The molecule has 1 nitrogen and oxygen atoms in total. The highest BCUT2D eigenvalue weighted by molar-refractivity contribution is 7.10. The Morgan fingerprint density at radius 2 is 1.86 bits per heavy atom. The molecule has 2 heteroatoms. The minimum absolute atomic E-state index is 0.203. The lowest BCUT2D eigenvalue weighted by atomic mass is 9.90. The molecule has 0 radical (unpaired) electrons. The third kappa shape index (κ3) is 3.43. The lowest BCUT2D eigenvalue weighted by Gasteiger charge is -2.29. The quantitative estimate of drug-likeness (QED) is 0.808. The Balaban J connectivity index is 2.59. The average molecular weight is 211 g/mol. The Morgan fingerprint density at radius 3 is 2.29 bits per heavy atom. The van der Waals surface area contributed by atoms with Crippen LogP contribution in [-0.4, -0.2) is 12.1 Å². The van der Waals surface area contributed by atoms with E-state index in [0.29, 0.717) is 0 Å². The van der Waals surface area contributed by atoms with Gasteiger partial charge in [0, 0.05) is 22.4 Å². The van der Waals surface area contributed by atoms with E-state index in [0.717, 1.165) is 6.54 Å². The molecule has 0 aliphatic carbocycles. The molecule has 0 unspecified atom stereocenters. The molecule has 0 aromatic carbocycles. The molecule has 0 saturated heterocycles. The van der Waals surface area contributed by atoms with Gasteiger partial charge in [0.05, 0.1) is 0 Å². The zero-order chi connectivity index (χ0) is 10.8. The highest BCUT2D eigenvalue weighted by Gasteiger charge is 2.23. The van der Waals surface area contributed by atoms with Crippen molar-refractivity contribution >= 4 is 11.3 Å². The zero-order valence-electron chi connectivity index (χ0n) is 9.85. The van der Waals surface area contributed by atoms with Gasteiger partial charge >= 0.3 is 0 Å². The first-order chi connectivity index (χ1) is 6.31. The van der Waals surface area contributed by atoms with Crippen LogP contribution in [0.4, 0.5) is 0 Å². The summed E-state index contributed by atoms with van der Waals surface area (Å²) in [5.41, 5.74) is 0.440. The molecule has 0 amide bonds. The van der Waals surface area contributed by atoms with Gasteiger partial charge in [-0.3, -0.25) is 0 Å². The van der Waals surface area contributed by atoms with Crippen molar-refractivity contribution in [2.45, 2.75) is 45.6 Å². The van der Waals surface area contributed by atoms with Crippen molar-refractivity contribution < 1.29 is 0 Å². The van der Waals surface area contributed by atoms with Gasteiger partial charge in [0.25, 0.3) is 0 Å². The van der Waals surface area contributed by atoms with Crippen LogP contribution in [0.5, 0.6) is 0 Å². The Bertz CT molecular complexity index is 267. The van der Waals surface area contributed by atoms with E-state index in [1.165, 1.54) is 4.88 Å². The molecule has 1 heterocycles. The average Bonchev–Trinajstić information content (AvgIpc) is 2.52. The third-order valence-corrected chi connectivity index (χ3v) is 3.48. The smallest absolute Gasteiger partial charge is 0.0115 e. The number of nitrogens with one attached hydrogen (secondary N) is 1. The number of hydrogen-bond donors (Lipinski definition) is 1. The Kier molecular flexibility index (Phi) is 3.38. The van der Waals surface area contributed by atoms with Crippen molar-refractivity contribution in [3.63, 3.8) is 0 Å². The van der Waals surface area contributed by atoms with E-state index < -0.39 is 0 Å². The van der Waals surface area contributed by atoms with Gasteiger partial charge in [-0.25, -0.2) is 0 Å². The van der Waals surface area contributed by atoms with Crippen molar-refractivity contribution in [2.75, 3.05) is 6.54 Å². The summed E-state index contributed by atoms with van der Waals surface area (Å²) in [6.45, 7) is 12.2. The highest BCUT2D eigenvalue weighted by Crippen LogP contribution is 2.27. The minimum Gasteiger partial charge on any atom is -0.311 e. The molecular weight excluding hydrogens is 190 g/mol. The summed E-state index contributed by atoms with van der Waals surface area (Å²) >= 11 is 1.84. The second-order valence-electron chi connectivity index (χ2n) is 5.46. The lowest BCUT2D eigenvalue weighted by molar-refractivity contribution is 0.366. The second-order valence-corrected chi connectivity index (χ2v) is 6.41. The molecule has 0 aliphatic heterocycles. The summed E-state index contributed by atoms with van der Waals surface area (Å²) in [7, 11) is 0. The van der Waals surface area contributed by atoms with Crippen LogP contribution in [0.2, 0.25) is 0 Å². The van der Waals surface area contributed by atoms with E-state index in [9.17, 15) is 0 Å².